The molecule has 19 heavy (non-hydrogen) atoms. The molecule has 0 N–H and O–H groups in total. The predicted octanol–water partition coefficient (Wildman–Crippen LogP) is 3.11. The van der Waals surface area contributed by atoms with Gasteiger partial charge in [-0.15, -0.1) is 22.7 Å². The summed E-state index contributed by atoms with van der Waals surface area (Å²) < 4.78 is 4.70. The van der Waals surface area contributed by atoms with Gasteiger partial charge in [-0.2, -0.15) is 0 Å². The number of hydrogen-bond donors (Lipinski definition) is 0. The molecule has 2 aromatic heterocycles. The molecule has 0 aromatic carbocycles. The highest BCUT2D eigenvalue weighted by molar-refractivity contribution is 7.14. The van der Waals surface area contributed by atoms with Gasteiger partial charge in [-0.05, 0) is 30.4 Å². The largest absolute Gasteiger partial charge is 0.464 e. The van der Waals surface area contributed by atoms with Crippen molar-refractivity contribution in [3.05, 3.63) is 33.0 Å². The van der Waals surface area contributed by atoms with Crippen LogP contribution < -0.4 is 4.90 Å². The van der Waals surface area contributed by atoms with Crippen LogP contribution in [0.1, 0.15) is 33.9 Å². The maximum absolute atomic E-state index is 11.5. The van der Waals surface area contributed by atoms with Crippen LogP contribution in [0, 0.1) is 0 Å². The van der Waals surface area contributed by atoms with Crippen molar-refractivity contribution < 1.29 is 9.53 Å². The average molecular weight is 294 g/mol. The number of thiophene rings is 1. The first kappa shape index (κ1) is 12.6. The summed E-state index contributed by atoms with van der Waals surface area (Å²) in [6.07, 6.45) is 1.05. The van der Waals surface area contributed by atoms with Gasteiger partial charge in [-0.3, -0.25) is 0 Å². The van der Waals surface area contributed by atoms with Crippen molar-refractivity contribution in [3.8, 4) is 0 Å². The van der Waals surface area contributed by atoms with Crippen LogP contribution in [-0.4, -0.2) is 24.6 Å². The molecular formula is C13H14N2O2S2. The van der Waals surface area contributed by atoms with Gasteiger partial charge >= 0.3 is 5.97 Å². The van der Waals surface area contributed by atoms with Gasteiger partial charge in [-0.1, -0.05) is 0 Å². The second-order valence-corrected chi connectivity index (χ2v) is 6.26. The van der Waals surface area contributed by atoms with E-state index in [2.05, 4.69) is 28.3 Å². The first-order chi connectivity index (χ1) is 9.20. The van der Waals surface area contributed by atoms with Crippen molar-refractivity contribution in [1.82, 2.24) is 4.98 Å². The average Bonchev–Trinajstić information content (AvgIpc) is 3.07. The van der Waals surface area contributed by atoms with E-state index >= 15 is 0 Å². The summed E-state index contributed by atoms with van der Waals surface area (Å²) in [4.78, 5) is 19.6. The molecule has 2 aromatic rings. The summed E-state index contributed by atoms with van der Waals surface area (Å²) in [6, 6.07) is 2.50. The number of nitrogens with zero attached hydrogens (tertiary/aromatic N) is 2. The molecule has 0 amide bonds. The van der Waals surface area contributed by atoms with E-state index in [1.54, 1.807) is 5.38 Å². The van der Waals surface area contributed by atoms with Crippen LogP contribution >= 0.6 is 22.7 Å². The van der Waals surface area contributed by atoms with Crippen LogP contribution in [0.3, 0.4) is 0 Å². The summed E-state index contributed by atoms with van der Waals surface area (Å²) in [5, 5.41) is 4.80. The molecule has 3 rings (SSSR count). The van der Waals surface area contributed by atoms with Crippen molar-refractivity contribution in [1.29, 1.82) is 0 Å². The second kappa shape index (κ2) is 4.94. The fraction of sp³-hybridized carbons (Fsp3) is 0.385. The standard InChI is InChI=1S/C13H14N2O2S2/c1-8-9-4-6-18-11(9)3-5-15(8)13-14-10(7-19-13)12(16)17-2/h4,6-8H,3,5H2,1-2H3. The van der Waals surface area contributed by atoms with Crippen LogP contribution in [0.2, 0.25) is 0 Å². The van der Waals surface area contributed by atoms with Crippen LogP contribution in [-0.2, 0) is 11.2 Å². The van der Waals surface area contributed by atoms with Crippen LogP contribution in [0.5, 0.6) is 0 Å². The van der Waals surface area contributed by atoms with Gasteiger partial charge in [-0.25, -0.2) is 9.78 Å². The summed E-state index contributed by atoms with van der Waals surface area (Å²) in [5.74, 6) is -0.372. The zero-order valence-corrected chi connectivity index (χ0v) is 12.4. The Morgan fingerprint density at radius 1 is 1.53 bits per heavy atom. The van der Waals surface area contributed by atoms with Crippen LogP contribution in [0.25, 0.3) is 0 Å². The number of anilines is 1. The Bertz CT molecular complexity index is 605. The van der Waals surface area contributed by atoms with E-state index in [-0.39, 0.29) is 5.97 Å². The van der Waals surface area contributed by atoms with E-state index in [0.717, 1.165) is 18.1 Å². The lowest BCUT2D eigenvalue weighted by atomic mass is 10.0. The molecule has 0 fully saturated rings. The van der Waals surface area contributed by atoms with E-state index in [1.807, 2.05) is 11.3 Å². The van der Waals surface area contributed by atoms with Gasteiger partial charge in [0.15, 0.2) is 10.8 Å². The Kier molecular flexibility index (Phi) is 3.28. The Morgan fingerprint density at radius 2 is 2.37 bits per heavy atom. The number of rotatable bonds is 2. The number of thiazole rings is 1. The third-order valence-corrected chi connectivity index (χ3v) is 5.28. The molecule has 0 spiro atoms. The molecule has 3 heterocycles. The molecule has 100 valence electrons. The van der Waals surface area contributed by atoms with Gasteiger partial charge < -0.3 is 9.64 Å². The Labute approximate surface area is 119 Å². The normalized spacial score (nSPS) is 18.2. The zero-order chi connectivity index (χ0) is 13.4. The van der Waals surface area contributed by atoms with Gasteiger partial charge in [0.1, 0.15) is 0 Å². The maximum atomic E-state index is 11.5. The second-order valence-electron chi connectivity index (χ2n) is 4.43. The van der Waals surface area contributed by atoms with Crippen LogP contribution in [0.4, 0.5) is 5.13 Å². The molecule has 0 aliphatic carbocycles. The molecule has 1 unspecified atom stereocenters. The van der Waals surface area contributed by atoms with Crippen molar-refractivity contribution >= 4 is 33.8 Å². The lowest BCUT2D eigenvalue weighted by Gasteiger charge is -2.33. The summed E-state index contributed by atoms with van der Waals surface area (Å²) in [7, 11) is 1.38. The fourth-order valence-electron chi connectivity index (χ4n) is 2.37. The predicted molar refractivity (Wildman–Crippen MR) is 77.2 cm³/mol. The number of ether oxygens (including phenoxy) is 1. The van der Waals surface area contributed by atoms with Crippen LogP contribution in [0.15, 0.2) is 16.8 Å². The van der Waals surface area contributed by atoms with E-state index in [0.29, 0.717) is 11.7 Å². The lowest BCUT2D eigenvalue weighted by Crippen LogP contribution is -2.33. The van der Waals surface area contributed by atoms with Crippen molar-refractivity contribution in [2.75, 3.05) is 18.6 Å². The summed E-state index contributed by atoms with van der Waals surface area (Å²) in [5.41, 5.74) is 1.77. The van der Waals surface area contributed by atoms with Gasteiger partial charge in [0.05, 0.1) is 13.2 Å². The van der Waals surface area contributed by atoms with E-state index in [9.17, 15) is 4.79 Å². The number of methoxy groups -OCH3 is 1. The van der Waals surface area contributed by atoms with Gasteiger partial charge in [0.2, 0.25) is 0 Å². The topological polar surface area (TPSA) is 42.4 Å². The first-order valence-electron chi connectivity index (χ1n) is 6.07. The minimum absolute atomic E-state index is 0.312. The highest BCUT2D eigenvalue weighted by Crippen LogP contribution is 2.37. The number of esters is 1. The first-order valence-corrected chi connectivity index (χ1v) is 7.83. The minimum atomic E-state index is -0.372. The zero-order valence-electron chi connectivity index (χ0n) is 10.8. The maximum Gasteiger partial charge on any atom is 0.357 e. The molecule has 1 aliphatic rings. The number of carbonyl (C=O) groups excluding carboxylic acids is 1. The number of fused-ring (bicyclic) bond motifs is 1. The monoisotopic (exact) mass is 294 g/mol. The Balaban J connectivity index is 1.87. The Morgan fingerprint density at radius 3 is 3.16 bits per heavy atom. The van der Waals surface area contributed by atoms with Gasteiger partial charge in [0.25, 0.3) is 0 Å². The number of aromatic nitrogens is 1. The summed E-state index contributed by atoms with van der Waals surface area (Å²) >= 11 is 3.32. The molecule has 0 saturated heterocycles. The van der Waals surface area contributed by atoms with E-state index in [1.165, 1.54) is 28.9 Å². The molecule has 6 heteroatoms. The van der Waals surface area contributed by atoms with Crippen molar-refractivity contribution in [2.24, 2.45) is 0 Å². The minimum Gasteiger partial charge on any atom is -0.464 e. The molecule has 0 saturated carbocycles. The molecular weight excluding hydrogens is 280 g/mol. The van der Waals surface area contributed by atoms with Crippen molar-refractivity contribution in [2.45, 2.75) is 19.4 Å². The molecule has 1 atom stereocenters. The smallest absolute Gasteiger partial charge is 0.357 e. The van der Waals surface area contributed by atoms with Crippen molar-refractivity contribution in [3.63, 3.8) is 0 Å². The number of carbonyl (C=O) groups is 1. The highest BCUT2D eigenvalue weighted by Gasteiger charge is 2.27. The highest BCUT2D eigenvalue weighted by atomic mass is 32.1. The third kappa shape index (κ3) is 2.15. The fourth-order valence-corrected chi connectivity index (χ4v) is 4.23. The van der Waals surface area contributed by atoms with Gasteiger partial charge in [0, 0.05) is 16.8 Å². The molecule has 4 nitrogen and oxygen atoms in total. The Hall–Kier alpha value is -1.40. The summed E-state index contributed by atoms with van der Waals surface area (Å²) in [6.45, 7) is 3.13. The molecule has 1 aliphatic heterocycles. The SMILES string of the molecule is COC(=O)c1csc(N2CCc3sccc3C2C)n1. The molecule has 0 bridgehead atoms. The number of hydrogen-bond acceptors (Lipinski definition) is 6. The lowest BCUT2D eigenvalue weighted by molar-refractivity contribution is 0.0595. The molecule has 0 radical (unpaired) electrons. The quantitative estimate of drug-likeness (QED) is 0.798. The van der Waals surface area contributed by atoms with E-state index in [4.69, 9.17) is 4.74 Å². The van der Waals surface area contributed by atoms with E-state index < -0.39 is 0 Å². The third-order valence-electron chi connectivity index (χ3n) is 3.41.